The molecule has 2 unspecified atom stereocenters. The van der Waals surface area contributed by atoms with Crippen molar-refractivity contribution in [2.45, 2.75) is 117 Å². The molecule has 250 valence electrons. The lowest BCUT2D eigenvalue weighted by atomic mass is 9.50. The van der Waals surface area contributed by atoms with Gasteiger partial charge in [-0.2, -0.15) is 0 Å². The lowest BCUT2D eigenvalue weighted by molar-refractivity contribution is -0.179. The fraction of sp³-hybridized carbons (Fsp3) is 0.600. The second-order valence-corrected chi connectivity index (χ2v) is 20.2. The van der Waals surface area contributed by atoms with Gasteiger partial charge in [0.15, 0.2) is 0 Å². The van der Waals surface area contributed by atoms with Crippen LogP contribution >= 0.6 is 0 Å². The van der Waals surface area contributed by atoms with E-state index in [1.165, 1.54) is 29.8 Å². The van der Waals surface area contributed by atoms with Crippen molar-refractivity contribution in [3.8, 4) is 0 Å². The van der Waals surface area contributed by atoms with Crippen LogP contribution in [-0.4, -0.2) is 39.1 Å². The topological polar surface area (TPSA) is 61.8 Å². The fourth-order valence-electron chi connectivity index (χ4n) is 9.93. The highest BCUT2D eigenvalue weighted by Crippen LogP contribution is 2.63. The third kappa shape index (κ3) is 6.41. The van der Waals surface area contributed by atoms with Gasteiger partial charge in [0.25, 0.3) is 8.32 Å². The third-order valence-electron chi connectivity index (χ3n) is 12.3. The van der Waals surface area contributed by atoms with Crippen LogP contribution in [0.1, 0.15) is 99.8 Å². The van der Waals surface area contributed by atoms with Gasteiger partial charge in [0, 0.05) is 32.3 Å². The summed E-state index contributed by atoms with van der Waals surface area (Å²) in [5, 5.41) is 2.52. The molecule has 0 radical (unpaired) electrons. The Kier molecular flexibility index (Phi) is 10.1. The van der Waals surface area contributed by atoms with Crippen LogP contribution in [0.5, 0.6) is 0 Å². The van der Waals surface area contributed by atoms with Crippen LogP contribution < -0.4 is 10.4 Å². The summed E-state index contributed by atoms with van der Waals surface area (Å²) in [5.41, 5.74) is 1.31. The summed E-state index contributed by atoms with van der Waals surface area (Å²) < 4.78 is 19.3. The molecule has 7 atom stereocenters. The molecule has 0 amide bonds. The van der Waals surface area contributed by atoms with Crippen LogP contribution in [0, 0.1) is 28.6 Å². The Morgan fingerprint density at radius 2 is 1.43 bits per heavy atom. The molecular formula is C40H56O5Si. The predicted octanol–water partition coefficient (Wildman–Crippen LogP) is 8.01. The van der Waals surface area contributed by atoms with E-state index in [2.05, 4.69) is 102 Å². The molecule has 3 aliphatic rings. The number of fused-ring (bicyclic) bond motifs is 1. The zero-order chi connectivity index (χ0) is 33.3. The number of ether oxygens (including phenoxy) is 2. The summed E-state index contributed by atoms with van der Waals surface area (Å²) in [7, 11) is -2.68. The molecule has 46 heavy (non-hydrogen) atoms. The molecule has 3 aliphatic carbocycles. The molecule has 5 rings (SSSR count). The number of benzene rings is 2. The highest BCUT2D eigenvalue weighted by molar-refractivity contribution is 6.99. The first kappa shape index (κ1) is 34.6. The minimum Gasteiger partial charge on any atom is -0.462 e. The second-order valence-electron chi connectivity index (χ2n) is 15.9. The van der Waals surface area contributed by atoms with Gasteiger partial charge in [-0.25, -0.2) is 0 Å². The van der Waals surface area contributed by atoms with Gasteiger partial charge in [-0.05, 0) is 83.5 Å². The van der Waals surface area contributed by atoms with Gasteiger partial charge in [0.1, 0.15) is 12.2 Å². The number of hydrogen-bond donors (Lipinski definition) is 0. The van der Waals surface area contributed by atoms with Crippen molar-refractivity contribution in [2.24, 2.45) is 28.6 Å². The van der Waals surface area contributed by atoms with E-state index < -0.39 is 8.32 Å². The number of hydrogen-bond acceptors (Lipinski definition) is 5. The van der Waals surface area contributed by atoms with E-state index in [4.69, 9.17) is 13.9 Å². The normalized spacial score (nSPS) is 31.6. The summed E-state index contributed by atoms with van der Waals surface area (Å²) in [4.78, 5) is 24.3. The van der Waals surface area contributed by atoms with E-state index in [-0.39, 0.29) is 40.0 Å². The minimum absolute atomic E-state index is 0.0840. The molecular weight excluding hydrogens is 589 g/mol. The lowest BCUT2D eigenvalue weighted by Crippen LogP contribution is -2.66. The molecule has 0 saturated heterocycles. The molecule has 3 saturated carbocycles. The van der Waals surface area contributed by atoms with Crippen LogP contribution in [0.4, 0.5) is 0 Å². The van der Waals surface area contributed by atoms with Gasteiger partial charge in [-0.15, -0.1) is 0 Å². The molecule has 0 heterocycles. The molecule has 5 nitrogen and oxygen atoms in total. The van der Waals surface area contributed by atoms with Crippen LogP contribution in [-0.2, 0) is 23.5 Å². The van der Waals surface area contributed by atoms with Crippen LogP contribution in [0.25, 0.3) is 0 Å². The zero-order valence-electron chi connectivity index (χ0n) is 29.3. The highest BCUT2D eigenvalue weighted by atomic mass is 28.4. The lowest BCUT2D eigenvalue weighted by Gasteiger charge is -2.56. The van der Waals surface area contributed by atoms with Gasteiger partial charge in [0.2, 0.25) is 0 Å². The Balaban J connectivity index is 1.50. The highest BCUT2D eigenvalue weighted by Gasteiger charge is 2.58. The van der Waals surface area contributed by atoms with Gasteiger partial charge in [-0.1, -0.05) is 107 Å². The standard InChI is InChI=1S/C40H56O5Si/c1-28-19-20-35-34(23-26-43-46(38(4,5)6,32-15-11-9-12-16-32)33-17-13-10-14-18-33)36(22-25-39(28,35)7)40(8)24-21-31(44-29(2)41)27-37(40)45-30(3)42/h9-18,31,34-37H,1,19-27H2,2-8H3/t31-,34-,35?,36?,37-,39+,40+/m0/s1. The van der Waals surface area contributed by atoms with Crippen LogP contribution in [0.15, 0.2) is 72.8 Å². The monoisotopic (exact) mass is 644 g/mol. The van der Waals surface area contributed by atoms with Crippen molar-refractivity contribution < 1.29 is 23.5 Å². The third-order valence-corrected chi connectivity index (χ3v) is 17.3. The van der Waals surface area contributed by atoms with Crippen molar-refractivity contribution in [1.82, 2.24) is 0 Å². The van der Waals surface area contributed by atoms with E-state index in [1.54, 1.807) is 0 Å². The van der Waals surface area contributed by atoms with Gasteiger partial charge < -0.3 is 13.9 Å². The van der Waals surface area contributed by atoms with E-state index in [9.17, 15) is 9.59 Å². The SMILES string of the molecule is C=C1CCC2[C@H](CCO[Si](c3ccccc3)(c3ccccc3)C(C)(C)C)C([C@@]3(C)CC[C@H](OC(C)=O)C[C@@H]3OC(C)=O)CC[C@]12C. The van der Waals surface area contributed by atoms with Crippen LogP contribution in [0.2, 0.25) is 5.04 Å². The maximum Gasteiger partial charge on any atom is 0.302 e. The average Bonchev–Trinajstić information content (AvgIpc) is 3.31. The van der Waals surface area contributed by atoms with Crippen molar-refractivity contribution in [1.29, 1.82) is 0 Å². The maximum absolute atomic E-state index is 12.5. The predicted molar refractivity (Wildman–Crippen MR) is 187 cm³/mol. The first-order chi connectivity index (χ1) is 21.7. The molecule has 2 aromatic rings. The smallest absolute Gasteiger partial charge is 0.302 e. The number of carbonyl (C=O) groups excluding carboxylic acids is 2. The summed E-state index contributed by atoms with van der Waals surface area (Å²) in [6.45, 7) is 20.0. The van der Waals surface area contributed by atoms with E-state index in [1.807, 2.05) is 0 Å². The molecule has 3 fully saturated rings. The molecule has 0 aromatic heterocycles. The Morgan fingerprint density at radius 3 is 1.98 bits per heavy atom. The number of esters is 2. The molecule has 6 heteroatoms. The Hall–Kier alpha value is -2.70. The number of carbonyl (C=O) groups is 2. The van der Waals surface area contributed by atoms with E-state index in [0.717, 1.165) is 44.9 Å². The van der Waals surface area contributed by atoms with Gasteiger partial charge >= 0.3 is 11.9 Å². The first-order valence-electron chi connectivity index (χ1n) is 17.5. The summed E-state index contributed by atoms with van der Waals surface area (Å²) in [6.07, 6.45) is 7.09. The first-order valence-corrected chi connectivity index (χ1v) is 19.4. The van der Waals surface area contributed by atoms with Gasteiger partial charge in [0.05, 0.1) is 0 Å². The van der Waals surface area contributed by atoms with Crippen LogP contribution in [0.3, 0.4) is 0 Å². The van der Waals surface area contributed by atoms with Crippen molar-refractivity contribution >= 4 is 30.6 Å². The number of rotatable bonds is 9. The fourth-order valence-corrected chi connectivity index (χ4v) is 14.5. The van der Waals surface area contributed by atoms with E-state index >= 15 is 0 Å². The minimum atomic E-state index is -2.68. The number of allylic oxidation sites excluding steroid dienone is 1. The largest absolute Gasteiger partial charge is 0.462 e. The quantitative estimate of drug-likeness (QED) is 0.157. The Labute approximate surface area is 278 Å². The molecule has 0 spiro atoms. The summed E-state index contributed by atoms with van der Waals surface area (Å²) in [6, 6.07) is 21.8. The van der Waals surface area contributed by atoms with Crippen molar-refractivity contribution in [3.63, 3.8) is 0 Å². The zero-order valence-corrected chi connectivity index (χ0v) is 30.3. The Morgan fingerprint density at radius 1 is 0.848 bits per heavy atom. The van der Waals surface area contributed by atoms with Gasteiger partial charge in [-0.3, -0.25) is 9.59 Å². The molecule has 0 bridgehead atoms. The van der Waals surface area contributed by atoms with Crippen molar-refractivity contribution in [2.75, 3.05) is 6.61 Å². The average molecular weight is 645 g/mol. The van der Waals surface area contributed by atoms with Crippen molar-refractivity contribution in [3.05, 3.63) is 72.8 Å². The summed E-state index contributed by atoms with van der Waals surface area (Å²) in [5.74, 6) is 0.751. The summed E-state index contributed by atoms with van der Waals surface area (Å²) >= 11 is 0. The molecule has 0 N–H and O–H groups in total. The maximum atomic E-state index is 12.5. The Bertz CT molecular complexity index is 1340. The second kappa shape index (κ2) is 13.4. The molecule has 2 aromatic carbocycles. The molecule has 0 aliphatic heterocycles. The van der Waals surface area contributed by atoms with E-state index in [0.29, 0.717) is 30.8 Å².